The average Bonchev–Trinajstić information content (AvgIpc) is 2.74. The predicted octanol–water partition coefficient (Wildman–Crippen LogP) is 2.52. The van der Waals surface area contributed by atoms with E-state index in [4.69, 9.17) is 16.3 Å². The number of halogens is 1. The first-order valence-electron chi connectivity index (χ1n) is 4.90. The van der Waals surface area contributed by atoms with Crippen molar-refractivity contribution in [3.8, 4) is 6.01 Å². The number of anilines is 1. The lowest BCUT2D eigenvalue weighted by atomic mass is 10.4. The molecular weight excluding hydrogens is 260 g/mol. The largest absolute Gasteiger partial charge is 0.467 e. The summed E-state index contributed by atoms with van der Waals surface area (Å²) >= 11 is 7.57. The second-order valence-electron chi connectivity index (χ2n) is 3.27. The van der Waals surface area contributed by atoms with Crippen LogP contribution in [-0.4, -0.2) is 22.1 Å². The van der Waals surface area contributed by atoms with E-state index in [0.717, 1.165) is 10.6 Å². The third kappa shape index (κ3) is 2.83. The van der Waals surface area contributed by atoms with Crippen LogP contribution in [0.25, 0.3) is 0 Å². The van der Waals surface area contributed by atoms with Crippen molar-refractivity contribution in [1.82, 2.24) is 15.0 Å². The van der Waals surface area contributed by atoms with Crippen LogP contribution < -0.4 is 10.1 Å². The fourth-order valence-corrected chi connectivity index (χ4v) is 2.11. The number of methoxy groups -OCH3 is 1. The van der Waals surface area contributed by atoms with Gasteiger partial charge in [0.2, 0.25) is 0 Å². The number of hydrogen-bond acceptors (Lipinski definition) is 6. The van der Waals surface area contributed by atoms with Crippen molar-refractivity contribution in [2.45, 2.75) is 13.5 Å². The SMILES string of the molecule is COc1ncc(Cl)c(NCc2scnc2C)n1. The van der Waals surface area contributed by atoms with Crippen LogP contribution in [0.5, 0.6) is 6.01 Å². The topological polar surface area (TPSA) is 59.9 Å². The van der Waals surface area contributed by atoms with E-state index in [1.54, 1.807) is 11.3 Å². The molecule has 0 spiro atoms. The van der Waals surface area contributed by atoms with Gasteiger partial charge < -0.3 is 10.1 Å². The summed E-state index contributed by atoms with van der Waals surface area (Å²) in [6.07, 6.45) is 1.51. The van der Waals surface area contributed by atoms with Crippen molar-refractivity contribution in [2.75, 3.05) is 12.4 Å². The minimum absolute atomic E-state index is 0.290. The zero-order valence-electron chi connectivity index (χ0n) is 9.40. The first kappa shape index (κ1) is 12.1. The summed E-state index contributed by atoms with van der Waals surface area (Å²) < 4.78 is 4.94. The number of thiazole rings is 1. The van der Waals surface area contributed by atoms with E-state index in [1.807, 2.05) is 12.4 Å². The lowest BCUT2D eigenvalue weighted by Crippen LogP contribution is -2.03. The summed E-state index contributed by atoms with van der Waals surface area (Å²) in [4.78, 5) is 13.4. The van der Waals surface area contributed by atoms with Crippen molar-refractivity contribution >= 4 is 28.8 Å². The van der Waals surface area contributed by atoms with Gasteiger partial charge in [0.25, 0.3) is 0 Å². The van der Waals surface area contributed by atoms with Gasteiger partial charge in [-0.25, -0.2) is 9.97 Å². The molecule has 0 amide bonds. The number of hydrogen-bond donors (Lipinski definition) is 1. The molecule has 0 aliphatic rings. The molecule has 7 heteroatoms. The second-order valence-corrected chi connectivity index (χ2v) is 4.61. The number of ether oxygens (including phenoxy) is 1. The average molecular weight is 271 g/mol. The standard InChI is InChI=1S/C10H11ClN4OS/c1-6-8(17-5-14-6)4-12-9-7(11)3-13-10(15-9)16-2/h3,5H,4H2,1-2H3,(H,12,13,15). The Balaban J connectivity index is 2.11. The predicted molar refractivity (Wildman–Crippen MR) is 67.8 cm³/mol. The molecule has 0 saturated carbocycles. The highest BCUT2D eigenvalue weighted by Crippen LogP contribution is 2.22. The molecule has 0 atom stereocenters. The van der Waals surface area contributed by atoms with Gasteiger partial charge in [-0.3, -0.25) is 0 Å². The Hall–Kier alpha value is -1.40. The number of nitrogens with zero attached hydrogens (tertiary/aromatic N) is 3. The first-order valence-corrected chi connectivity index (χ1v) is 6.16. The van der Waals surface area contributed by atoms with Crippen molar-refractivity contribution in [3.63, 3.8) is 0 Å². The minimum atomic E-state index is 0.290. The molecule has 0 aliphatic carbocycles. The van der Waals surface area contributed by atoms with E-state index in [9.17, 15) is 0 Å². The van der Waals surface area contributed by atoms with Crippen molar-refractivity contribution < 1.29 is 4.74 Å². The molecule has 0 bridgehead atoms. The first-order chi connectivity index (χ1) is 8.20. The summed E-state index contributed by atoms with van der Waals surface area (Å²) in [6.45, 7) is 2.60. The van der Waals surface area contributed by atoms with Crippen LogP contribution in [-0.2, 0) is 6.54 Å². The van der Waals surface area contributed by atoms with Crippen LogP contribution in [0.3, 0.4) is 0 Å². The maximum Gasteiger partial charge on any atom is 0.318 e. The molecule has 5 nitrogen and oxygen atoms in total. The maximum absolute atomic E-state index is 5.98. The molecule has 2 aromatic heterocycles. The number of aryl methyl sites for hydroxylation is 1. The third-order valence-electron chi connectivity index (χ3n) is 2.17. The summed E-state index contributed by atoms with van der Waals surface area (Å²) in [5.74, 6) is 0.561. The summed E-state index contributed by atoms with van der Waals surface area (Å²) in [5.41, 5.74) is 2.83. The summed E-state index contributed by atoms with van der Waals surface area (Å²) in [6, 6.07) is 0.290. The molecule has 1 N–H and O–H groups in total. The molecule has 2 rings (SSSR count). The molecule has 0 fully saturated rings. The molecule has 0 aromatic carbocycles. The molecule has 0 unspecified atom stereocenters. The molecular formula is C10H11ClN4OS. The smallest absolute Gasteiger partial charge is 0.318 e. The summed E-state index contributed by atoms with van der Waals surface area (Å²) in [5, 5.41) is 3.60. The van der Waals surface area contributed by atoms with E-state index < -0.39 is 0 Å². The summed E-state index contributed by atoms with van der Waals surface area (Å²) in [7, 11) is 1.51. The molecule has 0 aliphatic heterocycles. The number of rotatable bonds is 4. The van der Waals surface area contributed by atoms with Gasteiger partial charge in [-0.1, -0.05) is 11.6 Å². The van der Waals surface area contributed by atoms with Gasteiger partial charge in [0, 0.05) is 4.88 Å². The third-order valence-corrected chi connectivity index (χ3v) is 3.38. The maximum atomic E-state index is 5.98. The van der Waals surface area contributed by atoms with E-state index in [-0.39, 0.29) is 6.01 Å². The van der Waals surface area contributed by atoms with Gasteiger partial charge in [-0.15, -0.1) is 11.3 Å². The zero-order valence-corrected chi connectivity index (χ0v) is 11.0. The molecule has 2 aromatic rings. The second kappa shape index (κ2) is 5.29. The normalized spacial score (nSPS) is 10.3. The van der Waals surface area contributed by atoms with E-state index in [1.165, 1.54) is 13.3 Å². The Morgan fingerprint density at radius 1 is 1.47 bits per heavy atom. The Morgan fingerprint density at radius 3 is 2.94 bits per heavy atom. The molecule has 2 heterocycles. The van der Waals surface area contributed by atoms with Crippen molar-refractivity contribution in [2.24, 2.45) is 0 Å². The van der Waals surface area contributed by atoms with Crippen LogP contribution in [0.15, 0.2) is 11.7 Å². The van der Waals surface area contributed by atoms with E-state index >= 15 is 0 Å². The van der Waals surface area contributed by atoms with Gasteiger partial charge in [0.15, 0.2) is 5.82 Å². The Bertz CT molecular complexity index is 517. The highest BCUT2D eigenvalue weighted by molar-refractivity contribution is 7.09. The van der Waals surface area contributed by atoms with Crippen LogP contribution in [0.4, 0.5) is 5.82 Å². The van der Waals surface area contributed by atoms with E-state index in [0.29, 0.717) is 17.4 Å². The highest BCUT2D eigenvalue weighted by atomic mass is 35.5. The zero-order chi connectivity index (χ0) is 12.3. The van der Waals surface area contributed by atoms with Gasteiger partial charge in [-0.2, -0.15) is 4.98 Å². The van der Waals surface area contributed by atoms with E-state index in [2.05, 4.69) is 20.3 Å². The van der Waals surface area contributed by atoms with Gasteiger partial charge in [-0.05, 0) is 6.92 Å². The molecule has 0 saturated heterocycles. The van der Waals surface area contributed by atoms with Gasteiger partial charge >= 0.3 is 6.01 Å². The van der Waals surface area contributed by atoms with Crippen LogP contribution in [0, 0.1) is 6.92 Å². The monoisotopic (exact) mass is 270 g/mol. The molecule has 17 heavy (non-hydrogen) atoms. The Labute approximate surface area is 108 Å². The van der Waals surface area contributed by atoms with Gasteiger partial charge in [0.1, 0.15) is 5.02 Å². The van der Waals surface area contributed by atoms with Crippen molar-refractivity contribution in [3.05, 3.63) is 27.3 Å². The van der Waals surface area contributed by atoms with Crippen LogP contribution in [0.2, 0.25) is 5.02 Å². The fourth-order valence-electron chi connectivity index (χ4n) is 1.23. The molecule has 0 radical (unpaired) electrons. The highest BCUT2D eigenvalue weighted by Gasteiger charge is 2.07. The van der Waals surface area contributed by atoms with Crippen LogP contribution >= 0.6 is 22.9 Å². The lowest BCUT2D eigenvalue weighted by Gasteiger charge is -2.07. The number of aromatic nitrogens is 3. The van der Waals surface area contributed by atoms with Crippen LogP contribution in [0.1, 0.15) is 10.6 Å². The Morgan fingerprint density at radius 2 is 2.29 bits per heavy atom. The van der Waals surface area contributed by atoms with Crippen molar-refractivity contribution in [1.29, 1.82) is 0 Å². The Kier molecular flexibility index (Phi) is 3.75. The van der Waals surface area contributed by atoms with Gasteiger partial charge in [0.05, 0.1) is 31.1 Å². The minimum Gasteiger partial charge on any atom is -0.467 e. The molecule has 90 valence electrons. The lowest BCUT2D eigenvalue weighted by molar-refractivity contribution is 0.380. The quantitative estimate of drug-likeness (QED) is 0.925. The fraction of sp³-hybridized carbons (Fsp3) is 0.300. The number of nitrogens with one attached hydrogen (secondary N) is 1.